The normalized spacial score (nSPS) is 12.7. The number of carbonyl (C=O) groups excluding carboxylic acids is 1. The van der Waals surface area contributed by atoms with Crippen LogP contribution in [0.1, 0.15) is 28.2 Å². The topological polar surface area (TPSA) is 94.1 Å². The number of halogens is 1. The van der Waals surface area contributed by atoms with Crippen LogP contribution >= 0.6 is 11.6 Å². The van der Waals surface area contributed by atoms with Crippen LogP contribution in [0.3, 0.4) is 0 Å². The van der Waals surface area contributed by atoms with E-state index in [0.29, 0.717) is 28.7 Å². The molecule has 1 aliphatic rings. The van der Waals surface area contributed by atoms with Crippen molar-refractivity contribution < 1.29 is 28.9 Å². The third-order valence-corrected chi connectivity index (χ3v) is 7.16. The number of rotatable bonds is 10. The molecule has 0 heterocycles. The molecule has 0 saturated heterocycles. The summed E-state index contributed by atoms with van der Waals surface area (Å²) in [7, 11) is 1.51. The lowest BCUT2D eigenvalue weighted by molar-refractivity contribution is -0.139. The largest absolute Gasteiger partial charge is 0.493 e. The molecule has 0 spiro atoms. The van der Waals surface area contributed by atoms with Gasteiger partial charge in [0.15, 0.2) is 11.5 Å². The molecule has 2 N–H and O–H groups in total. The number of alkyl carbamates (subject to hydrolysis) is 1. The van der Waals surface area contributed by atoms with E-state index in [1.807, 2.05) is 48.5 Å². The monoisotopic (exact) mass is 557 g/mol. The van der Waals surface area contributed by atoms with E-state index in [-0.39, 0.29) is 18.9 Å². The second-order valence-corrected chi connectivity index (χ2v) is 9.90. The zero-order chi connectivity index (χ0) is 28.1. The summed E-state index contributed by atoms with van der Waals surface area (Å²) < 4.78 is 16.9. The van der Waals surface area contributed by atoms with Gasteiger partial charge in [-0.3, -0.25) is 0 Å². The number of carboxylic acids is 1. The van der Waals surface area contributed by atoms with E-state index in [9.17, 15) is 14.7 Å². The number of benzene rings is 4. The lowest BCUT2D eigenvalue weighted by Gasteiger charge is -2.18. The molecule has 0 bridgehead atoms. The molecule has 1 amide bonds. The number of hydrogen-bond acceptors (Lipinski definition) is 5. The fraction of sp³-hybridized carbons (Fsp3) is 0.188. The van der Waals surface area contributed by atoms with Crippen molar-refractivity contribution in [2.75, 3.05) is 13.7 Å². The Hall–Kier alpha value is -4.49. The Bertz CT molecular complexity index is 1470. The summed E-state index contributed by atoms with van der Waals surface area (Å²) in [6.45, 7) is 0.410. The molecule has 8 heteroatoms. The van der Waals surface area contributed by atoms with Crippen LogP contribution in [0.25, 0.3) is 11.1 Å². The molecule has 0 saturated carbocycles. The van der Waals surface area contributed by atoms with Gasteiger partial charge in [-0.25, -0.2) is 9.59 Å². The van der Waals surface area contributed by atoms with E-state index in [0.717, 1.165) is 27.8 Å². The minimum absolute atomic E-state index is 0.0351. The van der Waals surface area contributed by atoms with Crippen molar-refractivity contribution in [2.24, 2.45) is 0 Å². The lowest BCUT2D eigenvalue weighted by atomic mass is 9.98. The van der Waals surface area contributed by atoms with Crippen molar-refractivity contribution in [2.45, 2.75) is 25.0 Å². The van der Waals surface area contributed by atoms with E-state index >= 15 is 0 Å². The first kappa shape index (κ1) is 27.1. The molecular formula is C32H28ClNO6. The molecule has 40 heavy (non-hydrogen) atoms. The summed E-state index contributed by atoms with van der Waals surface area (Å²) in [5.74, 6) is -0.323. The maximum Gasteiger partial charge on any atom is 0.407 e. The number of fused-ring (bicyclic) bond motifs is 3. The molecule has 1 aliphatic carbocycles. The van der Waals surface area contributed by atoms with Gasteiger partial charge in [0.05, 0.1) is 7.11 Å². The molecule has 4 aromatic rings. The van der Waals surface area contributed by atoms with Crippen LogP contribution in [-0.2, 0) is 22.6 Å². The predicted molar refractivity (Wildman–Crippen MR) is 152 cm³/mol. The van der Waals surface area contributed by atoms with E-state index in [4.69, 9.17) is 25.8 Å². The van der Waals surface area contributed by atoms with Crippen LogP contribution in [0.5, 0.6) is 11.5 Å². The number of aliphatic carboxylic acids is 1. The van der Waals surface area contributed by atoms with Gasteiger partial charge in [-0.15, -0.1) is 0 Å². The maximum atomic E-state index is 12.7. The maximum absolute atomic E-state index is 12.7. The fourth-order valence-corrected chi connectivity index (χ4v) is 5.04. The number of carbonyl (C=O) groups is 2. The smallest absolute Gasteiger partial charge is 0.407 e. The summed E-state index contributed by atoms with van der Waals surface area (Å²) in [5.41, 5.74) is 5.99. The van der Waals surface area contributed by atoms with Gasteiger partial charge >= 0.3 is 12.1 Å². The number of ether oxygens (including phenoxy) is 3. The molecule has 0 fully saturated rings. The van der Waals surface area contributed by atoms with Crippen LogP contribution in [0.4, 0.5) is 4.79 Å². The number of hydrogen-bond donors (Lipinski definition) is 2. The van der Waals surface area contributed by atoms with Gasteiger partial charge in [0.2, 0.25) is 0 Å². The molecule has 1 unspecified atom stereocenters. The number of methoxy groups -OCH3 is 1. The Labute approximate surface area is 237 Å². The highest BCUT2D eigenvalue weighted by Crippen LogP contribution is 2.44. The summed E-state index contributed by atoms with van der Waals surface area (Å²) in [4.78, 5) is 24.7. The Morgan fingerprint density at radius 1 is 0.875 bits per heavy atom. The standard InChI is InChI=1S/C32H28ClNO6/c1-38-30-17-21(12-15-29(30)39-18-20-10-13-22(33)14-11-20)16-28(31(35)36)34-32(37)40-19-27-25-8-4-2-6-23(25)24-7-3-5-9-26(24)27/h2-15,17,27-28H,16,18-19H2,1H3,(H,34,37)(H,35,36). The first-order valence-corrected chi connectivity index (χ1v) is 13.2. The Morgan fingerprint density at radius 2 is 1.50 bits per heavy atom. The first-order valence-electron chi connectivity index (χ1n) is 12.8. The number of amides is 1. The van der Waals surface area contributed by atoms with Crippen LogP contribution in [-0.4, -0.2) is 36.9 Å². The van der Waals surface area contributed by atoms with Crippen LogP contribution in [0.15, 0.2) is 91.0 Å². The summed E-state index contributed by atoms with van der Waals surface area (Å²) in [6, 6.07) is 27.3. The Morgan fingerprint density at radius 3 is 2.12 bits per heavy atom. The van der Waals surface area contributed by atoms with E-state index < -0.39 is 18.1 Å². The third-order valence-electron chi connectivity index (χ3n) is 6.91. The minimum atomic E-state index is -1.19. The van der Waals surface area contributed by atoms with Gasteiger partial charge in [-0.2, -0.15) is 0 Å². The van der Waals surface area contributed by atoms with Crippen molar-refractivity contribution in [3.8, 4) is 22.6 Å². The molecular weight excluding hydrogens is 530 g/mol. The molecule has 0 aliphatic heterocycles. The SMILES string of the molecule is COc1cc(CC(NC(=O)OCC2c3ccccc3-c3ccccc32)C(=O)O)ccc1OCc1ccc(Cl)cc1. The van der Waals surface area contributed by atoms with Gasteiger partial charge in [0.1, 0.15) is 19.3 Å². The van der Waals surface area contributed by atoms with Crippen LogP contribution < -0.4 is 14.8 Å². The summed E-state index contributed by atoms with van der Waals surface area (Å²) >= 11 is 5.94. The average Bonchev–Trinajstić information content (AvgIpc) is 3.29. The van der Waals surface area contributed by atoms with E-state index in [1.165, 1.54) is 7.11 Å². The minimum Gasteiger partial charge on any atom is -0.493 e. The molecule has 4 aromatic carbocycles. The number of carboxylic acid groups (broad SMARTS) is 1. The van der Waals surface area contributed by atoms with E-state index in [2.05, 4.69) is 17.4 Å². The highest BCUT2D eigenvalue weighted by molar-refractivity contribution is 6.30. The van der Waals surface area contributed by atoms with Gasteiger partial charge < -0.3 is 24.6 Å². The zero-order valence-electron chi connectivity index (χ0n) is 21.8. The highest BCUT2D eigenvalue weighted by Gasteiger charge is 2.30. The average molecular weight is 558 g/mol. The van der Waals surface area contributed by atoms with Gasteiger partial charge in [-0.05, 0) is 57.6 Å². The van der Waals surface area contributed by atoms with Crippen molar-refractivity contribution in [1.82, 2.24) is 5.32 Å². The van der Waals surface area contributed by atoms with Crippen molar-refractivity contribution in [3.05, 3.63) is 118 Å². The quantitative estimate of drug-likeness (QED) is 0.232. The first-order chi connectivity index (χ1) is 19.4. The predicted octanol–water partition coefficient (Wildman–Crippen LogP) is 6.46. The summed E-state index contributed by atoms with van der Waals surface area (Å²) in [5, 5.41) is 12.9. The van der Waals surface area contributed by atoms with Crippen molar-refractivity contribution in [1.29, 1.82) is 0 Å². The van der Waals surface area contributed by atoms with Crippen molar-refractivity contribution >= 4 is 23.7 Å². The van der Waals surface area contributed by atoms with Crippen LogP contribution in [0, 0.1) is 0 Å². The Balaban J connectivity index is 1.21. The number of nitrogens with one attached hydrogen (secondary N) is 1. The molecule has 7 nitrogen and oxygen atoms in total. The van der Waals surface area contributed by atoms with Crippen molar-refractivity contribution in [3.63, 3.8) is 0 Å². The van der Waals surface area contributed by atoms with E-state index in [1.54, 1.807) is 30.3 Å². The third kappa shape index (κ3) is 6.05. The molecule has 0 aromatic heterocycles. The lowest BCUT2D eigenvalue weighted by Crippen LogP contribution is -2.42. The van der Waals surface area contributed by atoms with Gasteiger partial charge in [0, 0.05) is 17.4 Å². The molecule has 204 valence electrons. The second-order valence-electron chi connectivity index (χ2n) is 9.47. The molecule has 5 rings (SSSR count). The molecule has 0 radical (unpaired) electrons. The van der Waals surface area contributed by atoms with Crippen LogP contribution in [0.2, 0.25) is 5.02 Å². The fourth-order valence-electron chi connectivity index (χ4n) is 4.92. The highest BCUT2D eigenvalue weighted by atomic mass is 35.5. The second kappa shape index (κ2) is 12.1. The van der Waals surface area contributed by atoms with Gasteiger partial charge in [0.25, 0.3) is 0 Å². The van der Waals surface area contributed by atoms with Gasteiger partial charge in [-0.1, -0.05) is 78.3 Å². The molecule has 1 atom stereocenters. The Kier molecular flexibility index (Phi) is 8.22. The summed E-state index contributed by atoms with van der Waals surface area (Å²) in [6.07, 6.45) is -0.753. The zero-order valence-corrected chi connectivity index (χ0v) is 22.6.